The third-order valence-corrected chi connectivity index (χ3v) is 5.92. The summed E-state index contributed by atoms with van der Waals surface area (Å²) in [5, 5.41) is 0. The first-order chi connectivity index (χ1) is 12.7. The van der Waals surface area contributed by atoms with Crippen molar-refractivity contribution >= 4 is 27.5 Å². The van der Waals surface area contributed by atoms with Crippen LogP contribution in [-0.2, 0) is 14.8 Å². The van der Waals surface area contributed by atoms with Crippen LogP contribution in [0.5, 0.6) is 0 Å². The Labute approximate surface area is 160 Å². The molecule has 6 nitrogen and oxygen atoms in total. The normalized spacial score (nSPS) is 17.7. The Morgan fingerprint density at radius 2 is 2.07 bits per heavy atom. The lowest BCUT2D eigenvalue weighted by Gasteiger charge is -2.26. The standard InChI is InChI=1S/C20H24N2O4S/c1-5-7-15(4)27(25,26)21-20(24)16-9-11-18(14(3)13-16)22-17(8-6-2)10-12-19(22)23/h5-7,9,11,13,17H,1-2,8,10,12H2,3-4H3,(H,21,24)/b15-7+. The average Bonchev–Trinajstić information content (AvgIpc) is 2.95. The number of nitrogens with zero attached hydrogens (tertiary/aromatic N) is 1. The number of aryl methyl sites for hydroxylation is 1. The van der Waals surface area contributed by atoms with E-state index in [9.17, 15) is 18.0 Å². The lowest BCUT2D eigenvalue weighted by Crippen LogP contribution is -2.33. The molecule has 1 aromatic carbocycles. The lowest BCUT2D eigenvalue weighted by atomic mass is 10.1. The topological polar surface area (TPSA) is 83.6 Å². The summed E-state index contributed by atoms with van der Waals surface area (Å²) in [6.07, 6.45) is 6.37. The number of sulfonamides is 1. The first kappa shape index (κ1) is 20.6. The molecule has 1 aliphatic rings. The van der Waals surface area contributed by atoms with Gasteiger partial charge in [0.05, 0.1) is 4.91 Å². The molecule has 0 aliphatic carbocycles. The Bertz CT molecular complexity index is 916. The molecule has 1 saturated heterocycles. The summed E-state index contributed by atoms with van der Waals surface area (Å²) in [5.41, 5.74) is 1.66. The molecule has 1 aromatic rings. The Morgan fingerprint density at radius 1 is 1.37 bits per heavy atom. The number of anilines is 1. The van der Waals surface area contributed by atoms with E-state index < -0.39 is 15.9 Å². The number of carbonyl (C=O) groups excluding carboxylic acids is 2. The van der Waals surface area contributed by atoms with Crippen LogP contribution in [-0.4, -0.2) is 26.3 Å². The molecule has 0 bridgehead atoms. The zero-order valence-corrected chi connectivity index (χ0v) is 16.4. The van der Waals surface area contributed by atoms with Gasteiger partial charge in [0.25, 0.3) is 15.9 Å². The number of amides is 2. The van der Waals surface area contributed by atoms with Crippen molar-refractivity contribution in [3.8, 4) is 0 Å². The monoisotopic (exact) mass is 388 g/mol. The van der Waals surface area contributed by atoms with E-state index in [-0.39, 0.29) is 22.4 Å². The zero-order valence-electron chi connectivity index (χ0n) is 15.6. The van der Waals surface area contributed by atoms with Crippen molar-refractivity contribution in [2.45, 2.75) is 39.2 Å². The quantitative estimate of drug-likeness (QED) is 0.574. The van der Waals surface area contributed by atoms with Crippen molar-refractivity contribution in [3.63, 3.8) is 0 Å². The van der Waals surface area contributed by atoms with Gasteiger partial charge in [-0.05, 0) is 56.5 Å². The molecule has 0 radical (unpaired) electrons. The van der Waals surface area contributed by atoms with E-state index in [0.717, 1.165) is 17.7 Å². The minimum absolute atomic E-state index is 0.00544. The van der Waals surface area contributed by atoms with Gasteiger partial charge in [-0.25, -0.2) is 13.1 Å². The Kier molecular flexibility index (Phi) is 6.38. The van der Waals surface area contributed by atoms with Crippen LogP contribution < -0.4 is 9.62 Å². The van der Waals surface area contributed by atoms with Crippen LogP contribution in [0.4, 0.5) is 5.69 Å². The second-order valence-corrected chi connectivity index (χ2v) is 8.28. The van der Waals surface area contributed by atoms with Crippen molar-refractivity contribution in [2.24, 2.45) is 0 Å². The third-order valence-electron chi connectivity index (χ3n) is 4.49. The van der Waals surface area contributed by atoms with Crippen LogP contribution in [0, 0.1) is 6.92 Å². The molecule has 1 heterocycles. The highest BCUT2D eigenvalue weighted by Crippen LogP contribution is 2.31. The molecular formula is C20H24N2O4S. The molecule has 1 aliphatic heterocycles. The molecule has 0 spiro atoms. The Hall–Kier alpha value is -2.67. The fourth-order valence-corrected chi connectivity index (χ4v) is 3.87. The molecule has 144 valence electrons. The number of carbonyl (C=O) groups is 2. The fraction of sp³-hybridized carbons (Fsp3) is 0.300. The van der Waals surface area contributed by atoms with Crippen molar-refractivity contribution < 1.29 is 18.0 Å². The van der Waals surface area contributed by atoms with Crippen molar-refractivity contribution in [2.75, 3.05) is 4.90 Å². The maximum absolute atomic E-state index is 12.3. The molecule has 27 heavy (non-hydrogen) atoms. The Balaban J connectivity index is 2.27. The highest BCUT2D eigenvalue weighted by atomic mass is 32.2. The number of benzene rings is 1. The van der Waals surface area contributed by atoms with Gasteiger partial charge < -0.3 is 4.90 Å². The largest absolute Gasteiger partial charge is 0.309 e. The van der Waals surface area contributed by atoms with Crippen molar-refractivity contribution in [3.05, 3.63) is 65.6 Å². The smallest absolute Gasteiger partial charge is 0.265 e. The van der Waals surface area contributed by atoms with E-state index in [4.69, 9.17) is 0 Å². The van der Waals surface area contributed by atoms with Crippen LogP contribution in [0.15, 0.2) is 54.5 Å². The highest BCUT2D eigenvalue weighted by Gasteiger charge is 2.32. The third kappa shape index (κ3) is 4.54. The number of allylic oxidation sites excluding steroid dienone is 3. The SMILES string of the molecule is C=C/C=C(\C)S(=O)(=O)NC(=O)c1ccc(N2C(=O)CCC2CC=C)c(C)c1. The number of rotatable bonds is 7. The van der Waals surface area contributed by atoms with Gasteiger partial charge >= 0.3 is 0 Å². The lowest BCUT2D eigenvalue weighted by molar-refractivity contribution is -0.117. The summed E-state index contributed by atoms with van der Waals surface area (Å²) in [6.45, 7) is 10.4. The van der Waals surface area contributed by atoms with Gasteiger partial charge in [0.15, 0.2) is 0 Å². The van der Waals surface area contributed by atoms with Crippen molar-refractivity contribution in [1.82, 2.24) is 4.72 Å². The molecule has 0 saturated carbocycles. The van der Waals surface area contributed by atoms with E-state index in [1.807, 2.05) is 4.72 Å². The molecule has 1 fully saturated rings. The van der Waals surface area contributed by atoms with Gasteiger partial charge in [0.1, 0.15) is 0 Å². The van der Waals surface area contributed by atoms with Gasteiger partial charge in [0.2, 0.25) is 5.91 Å². The highest BCUT2D eigenvalue weighted by molar-refractivity contribution is 7.93. The summed E-state index contributed by atoms with van der Waals surface area (Å²) in [5.74, 6) is -0.688. The van der Waals surface area contributed by atoms with Gasteiger partial charge in [-0.1, -0.05) is 18.7 Å². The number of hydrogen-bond donors (Lipinski definition) is 1. The Morgan fingerprint density at radius 3 is 2.67 bits per heavy atom. The second-order valence-electron chi connectivity index (χ2n) is 6.43. The van der Waals surface area contributed by atoms with Gasteiger partial charge in [0, 0.05) is 23.7 Å². The minimum Gasteiger partial charge on any atom is -0.309 e. The number of nitrogens with one attached hydrogen (secondary N) is 1. The van der Waals surface area contributed by atoms with Gasteiger partial charge in [-0.3, -0.25) is 9.59 Å². The zero-order chi connectivity index (χ0) is 20.2. The van der Waals surface area contributed by atoms with E-state index in [1.54, 1.807) is 30.0 Å². The molecule has 2 amide bonds. The second kappa shape index (κ2) is 8.35. The van der Waals surface area contributed by atoms with Crippen molar-refractivity contribution in [1.29, 1.82) is 0 Å². The molecule has 1 N–H and O–H groups in total. The van der Waals surface area contributed by atoms with Crippen LogP contribution >= 0.6 is 0 Å². The maximum Gasteiger partial charge on any atom is 0.265 e. The van der Waals surface area contributed by atoms with E-state index >= 15 is 0 Å². The first-order valence-corrected chi connectivity index (χ1v) is 10.1. The van der Waals surface area contributed by atoms with Crippen LogP contribution in [0.2, 0.25) is 0 Å². The maximum atomic E-state index is 12.3. The predicted octanol–water partition coefficient (Wildman–Crippen LogP) is 3.22. The van der Waals surface area contributed by atoms with E-state index in [2.05, 4.69) is 13.2 Å². The predicted molar refractivity (Wildman–Crippen MR) is 107 cm³/mol. The van der Waals surface area contributed by atoms with Crippen LogP contribution in [0.25, 0.3) is 0 Å². The van der Waals surface area contributed by atoms with E-state index in [0.29, 0.717) is 12.8 Å². The number of hydrogen-bond acceptors (Lipinski definition) is 4. The molecular weight excluding hydrogens is 364 g/mol. The molecule has 1 unspecified atom stereocenters. The van der Waals surface area contributed by atoms with Gasteiger partial charge in [-0.2, -0.15) is 0 Å². The minimum atomic E-state index is -3.92. The molecule has 2 rings (SSSR count). The molecule has 0 aromatic heterocycles. The summed E-state index contributed by atoms with van der Waals surface area (Å²) < 4.78 is 26.3. The summed E-state index contributed by atoms with van der Waals surface area (Å²) in [6, 6.07) is 4.85. The average molecular weight is 388 g/mol. The molecule has 7 heteroatoms. The van der Waals surface area contributed by atoms with Crippen LogP contribution in [0.3, 0.4) is 0 Å². The first-order valence-electron chi connectivity index (χ1n) is 8.61. The fourth-order valence-electron chi connectivity index (χ4n) is 3.07. The van der Waals surface area contributed by atoms with Gasteiger partial charge in [-0.15, -0.1) is 6.58 Å². The summed E-state index contributed by atoms with van der Waals surface area (Å²) in [7, 11) is -3.92. The van der Waals surface area contributed by atoms with Crippen LogP contribution in [0.1, 0.15) is 42.1 Å². The summed E-state index contributed by atoms with van der Waals surface area (Å²) in [4.78, 5) is 26.4. The van der Waals surface area contributed by atoms with E-state index in [1.165, 1.54) is 25.1 Å². The summed E-state index contributed by atoms with van der Waals surface area (Å²) >= 11 is 0. The molecule has 1 atom stereocenters.